The second kappa shape index (κ2) is 14.5. The molecule has 1 atom stereocenters. The molecule has 0 saturated carbocycles. The highest BCUT2D eigenvalue weighted by atomic mass is 35.5. The smallest absolute Gasteiger partial charge is 0.265 e. The minimum atomic E-state index is -4.43. The molecule has 3 aromatic rings. The van der Waals surface area contributed by atoms with Crippen LogP contribution in [0.25, 0.3) is 0 Å². The number of nitrogens with zero attached hydrogens (tertiary/aromatic N) is 2. The first kappa shape index (κ1) is 32.8. The average Bonchev–Trinajstić information content (AvgIpc) is 2.98. The van der Waals surface area contributed by atoms with E-state index in [0.717, 1.165) is 4.31 Å². The van der Waals surface area contributed by atoms with Gasteiger partial charge in [0.15, 0.2) is 11.5 Å². The molecule has 1 N–H and O–H groups in total. The molecule has 0 aliphatic rings. The average molecular weight is 639 g/mol. The van der Waals surface area contributed by atoms with Crippen LogP contribution >= 0.6 is 23.2 Å². The molecule has 0 fully saturated rings. The number of rotatable bonds is 13. The van der Waals surface area contributed by atoms with Crippen molar-refractivity contribution in [2.24, 2.45) is 0 Å². The number of methoxy groups -OCH3 is 3. The molecule has 2 amide bonds. The van der Waals surface area contributed by atoms with E-state index in [2.05, 4.69) is 5.32 Å². The minimum absolute atomic E-state index is 0.0191. The molecule has 0 radical (unpaired) electrons. The Morgan fingerprint density at radius 3 is 2.05 bits per heavy atom. The van der Waals surface area contributed by atoms with E-state index >= 15 is 0 Å². The molecule has 3 aromatic carbocycles. The van der Waals surface area contributed by atoms with E-state index in [1.165, 1.54) is 62.6 Å². The van der Waals surface area contributed by atoms with Gasteiger partial charge in [-0.3, -0.25) is 13.9 Å². The summed E-state index contributed by atoms with van der Waals surface area (Å²) in [5.41, 5.74) is 0.726. The number of halogens is 2. The predicted octanol–water partition coefficient (Wildman–Crippen LogP) is 4.77. The van der Waals surface area contributed by atoms with Crippen molar-refractivity contribution in [1.82, 2.24) is 10.2 Å². The first-order valence-corrected chi connectivity index (χ1v) is 15.1. The topological polar surface area (TPSA) is 114 Å². The van der Waals surface area contributed by atoms with E-state index in [4.69, 9.17) is 37.4 Å². The fraction of sp³-hybridized carbons (Fsp3) is 0.310. The molecule has 13 heteroatoms. The molecule has 0 unspecified atom stereocenters. The standard InChI is InChI=1S/C29H33Cl2N3O7S/c1-6-32-29(36)19(2)33(17-20-7-9-21(30)10-8-20)28(35)18-34(24-15-22(31)11-13-25(24)39-3)42(37,38)23-12-14-26(40-4)27(16-23)41-5/h7-16,19H,6,17-18H2,1-5H3,(H,32,36)/t19-/m0/s1. The molecule has 0 saturated heterocycles. The summed E-state index contributed by atoms with van der Waals surface area (Å²) in [6, 6.07) is 14.4. The highest BCUT2D eigenvalue weighted by Crippen LogP contribution is 2.37. The van der Waals surface area contributed by atoms with Crippen molar-refractivity contribution >= 4 is 50.7 Å². The fourth-order valence-corrected chi connectivity index (χ4v) is 5.89. The molecule has 0 bridgehead atoms. The van der Waals surface area contributed by atoms with Crippen LogP contribution in [-0.4, -0.2) is 65.6 Å². The van der Waals surface area contributed by atoms with Gasteiger partial charge >= 0.3 is 0 Å². The molecule has 0 aromatic heterocycles. The molecule has 10 nitrogen and oxygen atoms in total. The van der Waals surface area contributed by atoms with Crippen molar-refractivity contribution in [3.63, 3.8) is 0 Å². The lowest BCUT2D eigenvalue weighted by Gasteiger charge is -2.32. The normalized spacial score (nSPS) is 11.8. The fourth-order valence-electron chi connectivity index (χ4n) is 4.17. The Kier molecular flexibility index (Phi) is 11.3. The Bertz CT molecular complexity index is 1520. The van der Waals surface area contributed by atoms with Gasteiger partial charge in [-0.05, 0) is 61.9 Å². The van der Waals surface area contributed by atoms with Gasteiger partial charge in [0.1, 0.15) is 18.3 Å². The molecule has 226 valence electrons. The van der Waals surface area contributed by atoms with Crippen LogP contribution < -0.4 is 23.8 Å². The quantitative estimate of drug-likeness (QED) is 0.287. The van der Waals surface area contributed by atoms with Gasteiger partial charge in [0.05, 0.1) is 31.9 Å². The first-order valence-electron chi connectivity index (χ1n) is 12.9. The summed E-state index contributed by atoms with van der Waals surface area (Å²) in [7, 11) is -0.244. The summed E-state index contributed by atoms with van der Waals surface area (Å²) in [5.74, 6) is -0.372. The number of nitrogens with one attached hydrogen (secondary N) is 1. The Morgan fingerprint density at radius 1 is 0.857 bits per heavy atom. The van der Waals surface area contributed by atoms with Crippen molar-refractivity contribution in [2.45, 2.75) is 31.3 Å². The summed E-state index contributed by atoms with van der Waals surface area (Å²) >= 11 is 12.3. The largest absolute Gasteiger partial charge is 0.495 e. The van der Waals surface area contributed by atoms with Crippen LogP contribution in [0.1, 0.15) is 19.4 Å². The number of amides is 2. The number of benzene rings is 3. The molecule has 0 aliphatic heterocycles. The lowest BCUT2D eigenvalue weighted by molar-refractivity contribution is -0.139. The third-order valence-corrected chi connectivity index (χ3v) is 8.66. The molecule has 0 heterocycles. The van der Waals surface area contributed by atoms with Crippen LogP contribution in [0.2, 0.25) is 10.0 Å². The molecular weight excluding hydrogens is 605 g/mol. The Morgan fingerprint density at radius 2 is 1.45 bits per heavy atom. The van der Waals surface area contributed by atoms with Gasteiger partial charge in [0.2, 0.25) is 11.8 Å². The van der Waals surface area contributed by atoms with Crippen molar-refractivity contribution < 1.29 is 32.2 Å². The maximum absolute atomic E-state index is 14.2. The minimum Gasteiger partial charge on any atom is -0.495 e. The van der Waals surface area contributed by atoms with Crippen LogP contribution in [0, 0.1) is 0 Å². The summed E-state index contributed by atoms with van der Waals surface area (Å²) < 4.78 is 45.3. The Balaban J connectivity index is 2.14. The van der Waals surface area contributed by atoms with Gasteiger partial charge in [0, 0.05) is 29.2 Å². The summed E-state index contributed by atoms with van der Waals surface area (Å²) in [6.45, 7) is 3.03. The van der Waals surface area contributed by atoms with Crippen molar-refractivity contribution in [1.29, 1.82) is 0 Å². The summed E-state index contributed by atoms with van der Waals surface area (Å²) in [4.78, 5) is 28.0. The van der Waals surface area contributed by atoms with Gasteiger partial charge < -0.3 is 24.4 Å². The number of sulfonamides is 1. The van der Waals surface area contributed by atoms with E-state index in [9.17, 15) is 18.0 Å². The monoisotopic (exact) mass is 637 g/mol. The number of ether oxygens (including phenoxy) is 3. The van der Waals surface area contributed by atoms with Crippen LogP contribution in [0.15, 0.2) is 65.6 Å². The Labute approximate surface area is 256 Å². The SMILES string of the molecule is CCNC(=O)[C@H](C)N(Cc1ccc(Cl)cc1)C(=O)CN(c1cc(Cl)ccc1OC)S(=O)(=O)c1ccc(OC)c(OC)c1. The van der Waals surface area contributed by atoms with Crippen molar-refractivity contribution in [3.8, 4) is 17.2 Å². The van der Waals surface area contributed by atoms with Crippen LogP contribution in [0.3, 0.4) is 0 Å². The third-order valence-electron chi connectivity index (χ3n) is 6.42. The van der Waals surface area contributed by atoms with Gasteiger partial charge in [0.25, 0.3) is 10.0 Å². The maximum Gasteiger partial charge on any atom is 0.265 e. The van der Waals surface area contributed by atoms with Crippen LogP contribution in [-0.2, 0) is 26.2 Å². The van der Waals surface area contributed by atoms with Crippen molar-refractivity contribution in [3.05, 3.63) is 76.3 Å². The Hall–Kier alpha value is -3.67. The second-order valence-electron chi connectivity index (χ2n) is 9.06. The van der Waals surface area contributed by atoms with Crippen LogP contribution in [0.5, 0.6) is 17.2 Å². The van der Waals surface area contributed by atoms with E-state index in [1.807, 2.05) is 0 Å². The number of carbonyl (C=O) groups is 2. The first-order chi connectivity index (χ1) is 20.0. The maximum atomic E-state index is 14.2. The molecule has 3 rings (SSSR count). The van der Waals surface area contributed by atoms with E-state index in [0.29, 0.717) is 22.9 Å². The third kappa shape index (κ3) is 7.58. The number of hydrogen-bond acceptors (Lipinski definition) is 7. The zero-order valence-corrected chi connectivity index (χ0v) is 26.2. The van der Waals surface area contributed by atoms with E-state index in [-0.39, 0.29) is 33.6 Å². The van der Waals surface area contributed by atoms with E-state index < -0.39 is 34.4 Å². The summed E-state index contributed by atoms with van der Waals surface area (Å²) in [5, 5.41) is 3.45. The molecule has 0 spiro atoms. The highest BCUT2D eigenvalue weighted by molar-refractivity contribution is 7.92. The second-order valence-corrected chi connectivity index (χ2v) is 11.8. The number of likely N-dealkylation sites (N-methyl/N-ethyl adjacent to an activating group) is 1. The predicted molar refractivity (Wildman–Crippen MR) is 162 cm³/mol. The van der Waals surface area contributed by atoms with Gasteiger partial charge in [-0.2, -0.15) is 0 Å². The van der Waals surface area contributed by atoms with Gasteiger partial charge in [-0.1, -0.05) is 35.3 Å². The molecular formula is C29H33Cl2N3O7S. The lowest BCUT2D eigenvalue weighted by Crippen LogP contribution is -2.51. The van der Waals surface area contributed by atoms with Crippen molar-refractivity contribution in [2.75, 3.05) is 38.7 Å². The molecule has 42 heavy (non-hydrogen) atoms. The zero-order valence-electron chi connectivity index (χ0n) is 23.9. The van der Waals surface area contributed by atoms with E-state index in [1.54, 1.807) is 38.1 Å². The highest BCUT2D eigenvalue weighted by Gasteiger charge is 2.34. The van der Waals surface area contributed by atoms with Gasteiger partial charge in [-0.15, -0.1) is 0 Å². The lowest BCUT2D eigenvalue weighted by atomic mass is 10.1. The molecule has 0 aliphatic carbocycles. The number of hydrogen-bond donors (Lipinski definition) is 1. The van der Waals surface area contributed by atoms with Crippen LogP contribution in [0.4, 0.5) is 5.69 Å². The zero-order chi connectivity index (χ0) is 31.0. The summed E-state index contributed by atoms with van der Waals surface area (Å²) in [6.07, 6.45) is 0. The van der Waals surface area contributed by atoms with Gasteiger partial charge in [-0.25, -0.2) is 8.42 Å². The number of carbonyl (C=O) groups excluding carboxylic acids is 2. The number of anilines is 1.